The van der Waals surface area contributed by atoms with Crippen LogP contribution in [-0.2, 0) is 0 Å². The summed E-state index contributed by atoms with van der Waals surface area (Å²) in [5.74, 6) is 0.398. The molecule has 0 saturated heterocycles. The number of rotatable bonds is 4. The minimum absolute atomic E-state index is 0.0891. The Kier molecular flexibility index (Phi) is 4.32. The Morgan fingerprint density at radius 1 is 1.09 bits per heavy atom. The Morgan fingerprint density at radius 2 is 1.73 bits per heavy atom. The highest BCUT2D eigenvalue weighted by Crippen LogP contribution is 2.18. The molecule has 5 heteroatoms. The average Bonchev–Trinajstić information content (AvgIpc) is 3.03. The van der Waals surface area contributed by atoms with Gasteiger partial charge in [0.2, 0.25) is 5.95 Å². The normalized spacial score (nSPS) is 14.8. The molecule has 2 aromatic rings. The summed E-state index contributed by atoms with van der Waals surface area (Å²) in [7, 11) is 0. The van der Waals surface area contributed by atoms with Crippen LogP contribution >= 0.6 is 0 Å². The Balaban J connectivity index is 1.61. The fourth-order valence-corrected chi connectivity index (χ4v) is 2.61. The minimum atomic E-state index is -0.0891. The number of nitrogens with one attached hydrogen (secondary N) is 2. The van der Waals surface area contributed by atoms with Gasteiger partial charge in [-0.05, 0) is 31.9 Å². The first-order chi connectivity index (χ1) is 10.7. The predicted octanol–water partition coefficient (Wildman–Crippen LogP) is 3.20. The van der Waals surface area contributed by atoms with E-state index in [0.717, 1.165) is 18.5 Å². The molecule has 22 heavy (non-hydrogen) atoms. The summed E-state index contributed by atoms with van der Waals surface area (Å²) in [5.41, 5.74) is 2.63. The van der Waals surface area contributed by atoms with Gasteiger partial charge in [-0.1, -0.05) is 30.5 Å². The van der Waals surface area contributed by atoms with Gasteiger partial charge < -0.3 is 10.6 Å². The number of nitrogens with zero attached hydrogens (tertiary/aromatic N) is 2. The molecule has 1 aromatic heterocycles. The van der Waals surface area contributed by atoms with Crippen molar-refractivity contribution < 1.29 is 4.79 Å². The third kappa shape index (κ3) is 3.61. The SMILES string of the molecule is Cc1ccc(Nc2ncc(C(=O)NC3CCCC3)cn2)cc1. The van der Waals surface area contributed by atoms with E-state index in [-0.39, 0.29) is 5.91 Å². The Hall–Kier alpha value is -2.43. The van der Waals surface area contributed by atoms with E-state index in [1.165, 1.54) is 18.4 Å². The number of aryl methyl sites for hydroxylation is 1. The molecule has 0 unspecified atom stereocenters. The average molecular weight is 296 g/mol. The lowest BCUT2D eigenvalue weighted by Crippen LogP contribution is -2.32. The van der Waals surface area contributed by atoms with Crippen LogP contribution in [0.4, 0.5) is 11.6 Å². The number of carbonyl (C=O) groups is 1. The van der Waals surface area contributed by atoms with Crippen molar-refractivity contribution in [1.29, 1.82) is 0 Å². The fraction of sp³-hybridized carbons (Fsp3) is 0.353. The van der Waals surface area contributed by atoms with Crippen LogP contribution in [0.5, 0.6) is 0 Å². The number of benzene rings is 1. The van der Waals surface area contributed by atoms with E-state index in [4.69, 9.17) is 0 Å². The summed E-state index contributed by atoms with van der Waals surface area (Å²) in [6, 6.07) is 8.29. The van der Waals surface area contributed by atoms with Crippen molar-refractivity contribution in [2.24, 2.45) is 0 Å². The topological polar surface area (TPSA) is 66.9 Å². The van der Waals surface area contributed by atoms with Crippen molar-refractivity contribution in [3.8, 4) is 0 Å². The molecule has 0 bridgehead atoms. The van der Waals surface area contributed by atoms with E-state index in [1.807, 2.05) is 31.2 Å². The van der Waals surface area contributed by atoms with Crippen LogP contribution in [0.15, 0.2) is 36.7 Å². The number of hydrogen-bond acceptors (Lipinski definition) is 4. The molecule has 0 atom stereocenters. The lowest BCUT2D eigenvalue weighted by Gasteiger charge is -2.11. The number of carbonyl (C=O) groups excluding carboxylic acids is 1. The highest BCUT2D eigenvalue weighted by Gasteiger charge is 2.18. The first-order valence-corrected chi connectivity index (χ1v) is 7.67. The maximum Gasteiger partial charge on any atom is 0.254 e. The molecule has 2 N–H and O–H groups in total. The van der Waals surface area contributed by atoms with Crippen molar-refractivity contribution in [3.63, 3.8) is 0 Å². The van der Waals surface area contributed by atoms with Gasteiger partial charge >= 0.3 is 0 Å². The monoisotopic (exact) mass is 296 g/mol. The molecular formula is C17H20N4O. The molecule has 0 spiro atoms. The molecule has 1 saturated carbocycles. The largest absolute Gasteiger partial charge is 0.349 e. The summed E-state index contributed by atoms with van der Waals surface area (Å²) < 4.78 is 0. The van der Waals surface area contributed by atoms with E-state index >= 15 is 0 Å². The van der Waals surface area contributed by atoms with Gasteiger partial charge in [0.05, 0.1) is 5.56 Å². The van der Waals surface area contributed by atoms with Crippen molar-refractivity contribution in [2.45, 2.75) is 38.6 Å². The highest BCUT2D eigenvalue weighted by atomic mass is 16.1. The molecule has 1 amide bonds. The Labute approximate surface area is 130 Å². The molecule has 1 fully saturated rings. The van der Waals surface area contributed by atoms with Gasteiger partial charge in [-0.3, -0.25) is 4.79 Å². The summed E-state index contributed by atoms with van der Waals surface area (Å²) in [6.07, 6.45) is 7.66. The second-order valence-corrected chi connectivity index (χ2v) is 5.74. The van der Waals surface area contributed by atoms with Crippen molar-refractivity contribution >= 4 is 17.5 Å². The lowest BCUT2D eigenvalue weighted by molar-refractivity contribution is 0.0937. The van der Waals surface area contributed by atoms with Crippen LogP contribution in [-0.4, -0.2) is 21.9 Å². The summed E-state index contributed by atoms with van der Waals surface area (Å²) in [5, 5.41) is 6.15. The molecule has 1 aromatic carbocycles. The maximum absolute atomic E-state index is 12.1. The van der Waals surface area contributed by atoms with Crippen molar-refractivity contribution in [1.82, 2.24) is 15.3 Å². The second kappa shape index (κ2) is 6.56. The molecule has 1 aliphatic rings. The Bertz CT molecular complexity index is 631. The van der Waals surface area contributed by atoms with Gasteiger partial charge in [-0.15, -0.1) is 0 Å². The summed E-state index contributed by atoms with van der Waals surface area (Å²) in [4.78, 5) is 20.5. The van der Waals surface area contributed by atoms with Gasteiger partial charge in [0.1, 0.15) is 0 Å². The first-order valence-electron chi connectivity index (χ1n) is 7.67. The van der Waals surface area contributed by atoms with Gasteiger partial charge in [-0.2, -0.15) is 0 Å². The van der Waals surface area contributed by atoms with Gasteiger partial charge in [0.15, 0.2) is 0 Å². The zero-order chi connectivity index (χ0) is 15.4. The highest BCUT2D eigenvalue weighted by molar-refractivity contribution is 5.93. The molecule has 3 rings (SSSR count). The summed E-state index contributed by atoms with van der Waals surface area (Å²) in [6.45, 7) is 2.04. The van der Waals surface area contributed by atoms with E-state index in [0.29, 0.717) is 17.6 Å². The molecule has 1 aliphatic carbocycles. The second-order valence-electron chi connectivity index (χ2n) is 5.74. The molecule has 0 aliphatic heterocycles. The molecule has 114 valence electrons. The van der Waals surface area contributed by atoms with Crippen LogP contribution < -0.4 is 10.6 Å². The van der Waals surface area contributed by atoms with Gasteiger partial charge in [-0.25, -0.2) is 9.97 Å². The summed E-state index contributed by atoms with van der Waals surface area (Å²) >= 11 is 0. The molecule has 5 nitrogen and oxygen atoms in total. The number of amides is 1. The smallest absolute Gasteiger partial charge is 0.254 e. The Morgan fingerprint density at radius 3 is 2.36 bits per heavy atom. The van der Waals surface area contributed by atoms with Crippen molar-refractivity contribution in [2.75, 3.05) is 5.32 Å². The molecular weight excluding hydrogens is 276 g/mol. The zero-order valence-corrected chi connectivity index (χ0v) is 12.7. The number of aromatic nitrogens is 2. The number of anilines is 2. The van der Waals surface area contributed by atoms with Gasteiger partial charge in [0.25, 0.3) is 5.91 Å². The van der Waals surface area contributed by atoms with Crippen molar-refractivity contribution in [3.05, 3.63) is 47.8 Å². The predicted molar refractivity (Wildman–Crippen MR) is 86.2 cm³/mol. The fourth-order valence-electron chi connectivity index (χ4n) is 2.61. The van der Waals surface area contributed by atoms with Gasteiger partial charge in [0, 0.05) is 24.1 Å². The van der Waals surface area contributed by atoms with E-state index in [9.17, 15) is 4.79 Å². The zero-order valence-electron chi connectivity index (χ0n) is 12.7. The molecule has 1 heterocycles. The maximum atomic E-state index is 12.1. The molecule has 0 radical (unpaired) electrons. The first kappa shape index (κ1) is 14.5. The van der Waals surface area contributed by atoms with Crippen LogP contribution in [0.1, 0.15) is 41.6 Å². The van der Waals surface area contributed by atoms with Crippen LogP contribution in [0.25, 0.3) is 0 Å². The quantitative estimate of drug-likeness (QED) is 0.909. The van der Waals surface area contributed by atoms with Crippen LogP contribution in [0, 0.1) is 6.92 Å². The van der Waals surface area contributed by atoms with E-state index in [2.05, 4.69) is 20.6 Å². The lowest BCUT2D eigenvalue weighted by atomic mass is 10.2. The minimum Gasteiger partial charge on any atom is -0.349 e. The van der Waals surface area contributed by atoms with E-state index < -0.39 is 0 Å². The standard InChI is InChI=1S/C17H20N4O/c1-12-6-8-15(9-7-12)21-17-18-10-13(11-19-17)16(22)20-14-4-2-3-5-14/h6-11,14H,2-5H2,1H3,(H,20,22)(H,18,19,21). The third-order valence-corrected chi connectivity index (χ3v) is 3.91. The van der Waals surface area contributed by atoms with Crippen LogP contribution in [0.2, 0.25) is 0 Å². The van der Waals surface area contributed by atoms with E-state index in [1.54, 1.807) is 12.4 Å². The third-order valence-electron chi connectivity index (χ3n) is 3.91. The number of hydrogen-bond donors (Lipinski definition) is 2. The van der Waals surface area contributed by atoms with Crippen LogP contribution in [0.3, 0.4) is 0 Å².